The fraction of sp³-hybridized carbons (Fsp3) is 0.333. The van der Waals surface area contributed by atoms with Crippen molar-refractivity contribution in [1.82, 2.24) is 0 Å². The van der Waals surface area contributed by atoms with E-state index >= 15 is 0 Å². The van der Waals surface area contributed by atoms with Crippen molar-refractivity contribution < 1.29 is 5.11 Å². The van der Waals surface area contributed by atoms with E-state index in [0.717, 1.165) is 4.88 Å². The maximum absolute atomic E-state index is 8.66. The van der Waals surface area contributed by atoms with Gasteiger partial charge in [0.1, 0.15) is 0 Å². The van der Waals surface area contributed by atoms with Crippen LogP contribution in [-0.2, 0) is 0 Å². The third kappa shape index (κ3) is 1.29. The van der Waals surface area contributed by atoms with E-state index in [-0.39, 0.29) is 12.6 Å². The minimum Gasteiger partial charge on any atom is -0.398 e. The number of nitrogen functional groups attached to an aromatic ring is 1. The van der Waals surface area contributed by atoms with Gasteiger partial charge in [0.25, 0.3) is 0 Å². The largest absolute Gasteiger partial charge is 0.398 e. The van der Waals surface area contributed by atoms with Gasteiger partial charge in [0.2, 0.25) is 0 Å². The van der Waals surface area contributed by atoms with Crippen LogP contribution in [0.4, 0.5) is 5.69 Å². The summed E-state index contributed by atoms with van der Waals surface area (Å²) in [5, 5.41) is 10.5. The van der Waals surface area contributed by atoms with E-state index in [1.165, 1.54) is 11.3 Å². The minimum absolute atomic E-state index is 0.0509. The van der Waals surface area contributed by atoms with Gasteiger partial charge < -0.3 is 16.6 Å². The molecule has 0 aliphatic rings. The average molecular weight is 158 g/mol. The second-order valence-electron chi connectivity index (χ2n) is 2.03. The van der Waals surface area contributed by atoms with Crippen molar-refractivity contribution in [3.8, 4) is 0 Å². The zero-order valence-electron chi connectivity index (χ0n) is 5.45. The molecule has 0 saturated carbocycles. The molecule has 0 saturated heterocycles. The number of anilines is 1. The van der Waals surface area contributed by atoms with Crippen LogP contribution in [0, 0.1) is 0 Å². The minimum atomic E-state index is -0.319. The highest BCUT2D eigenvalue weighted by molar-refractivity contribution is 7.10. The molecule has 5 N–H and O–H groups in total. The van der Waals surface area contributed by atoms with Crippen molar-refractivity contribution >= 4 is 17.0 Å². The summed E-state index contributed by atoms with van der Waals surface area (Å²) in [6.45, 7) is -0.0509. The van der Waals surface area contributed by atoms with E-state index < -0.39 is 0 Å². The number of thiophene rings is 1. The number of hydrogen-bond donors (Lipinski definition) is 3. The van der Waals surface area contributed by atoms with E-state index in [2.05, 4.69) is 0 Å². The number of aliphatic hydroxyl groups is 1. The zero-order chi connectivity index (χ0) is 7.56. The molecule has 1 aromatic rings. The molecule has 0 aromatic carbocycles. The summed E-state index contributed by atoms with van der Waals surface area (Å²) in [6.07, 6.45) is 0. The monoisotopic (exact) mass is 158 g/mol. The molecule has 0 bridgehead atoms. The van der Waals surface area contributed by atoms with Gasteiger partial charge in [-0.1, -0.05) is 0 Å². The summed E-state index contributed by atoms with van der Waals surface area (Å²) < 4.78 is 0. The van der Waals surface area contributed by atoms with Crippen LogP contribution in [0.15, 0.2) is 11.4 Å². The van der Waals surface area contributed by atoms with Crippen molar-refractivity contribution in [3.63, 3.8) is 0 Å². The molecule has 1 atom stereocenters. The molecule has 1 rings (SSSR count). The van der Waals surface area contributed by atoms with Gasteiger partial charge in [-0.25, -0.2) is 0 Å². The molecular weight excluding hydrogens is 148 g/mol. The van der Waals surface area contributed by atoms with Gasteiger partial charge in [-0.3, -0.25) is 0 Å². The first kappa shape index (κ1) is 7.53. The Labute approximate surface area is 63.3 Å². The quantitative estimate of drug-likeness (QED) is 0.580. The molecule has 0 aliphatic carbocycles. The lowest BCUT2D eigenvalue weighted by Gasteiger charge is -2.05. The molecule has 0 fully saturated rings. The highest BCUT2D eigenvalue weighted by Crippen LogP contribution is 2.24. The summed E-state index contributed by atoms with van der Waals surface area (Å²) in [4.78, 5) is 0.863. The third-order valence-corrected chi connectivity index (χ3v) is 2.33. The smallest absolute Gasteiger partial charge is 0.0645 e. The Bertz CT molecular complexity index is 211. The van der Waals surface area contributed by atoms with Crippen molar-refractivity contribution in [2.75, 3.05) is 12.3 Å². The predicted molar refractivity (Wildman–Crippen MR) is 42.7 cm³/mol. The lowest BCUT2D eigenvalue weighted by atomic mass is 10.2. The van der Waals surface area contributed by atoms with Crippen LogP contribution in [0.3, 0.4) is 0 Å². The van der Waals surface area contributed by atoms with Gasteiger partial charge in [-0.15, -0.1) is 11.3 Å². The molecule has 0 spiro atoms. The number of nitrogens with two attached hydrogens (primary N) is 2. The van der Waals surface area contributed by atoms with Crippen molar-refractivity contribution in [2.45, 2.75) is 6.04 Å². The third-order valence-electron chi connectivity index (χ3n) is 1.26. The first-order valence-electron chi connectivity index (χ1n) is 2.95. The van der Waals surface area contributed by atoms with E-state index in [0.29, 0.717) is 5.69 Å². The maximum Gasteiger partial charge on any atom is 0.0645 e. The Balaban J connectivity index is 2.82. The molecule has 0 amide bonds. The van der Waals surface area contributed by atoms with Crippen molar-refractivity contribution in [2.24, 2.45) is 5.73 Å². The first-order valence-corrected chi connectivity index (χ1v) is 3.83. The summed E-state index contributed by atoms with van der Waals surface area (Å²) >= 11 is 1.47. The van der Waals surface area contributed by atoms with E-state index in [9.17, 15) is 0 Å². The van der Waals surface area contributed by atoms with Gasteiger partial charge >= 0.3 is 0 Å². The zero-order valence-corrected chi connectivity index (χ0v) is 6.27. The molecular formula is C6H10N2OS. The molecule has 3 nitrogen and oxygen atoms in total. The summed E-state index contributed by atoms with van der Waals surface area (Å²) in [5.41, 5.74) is 11.7. The molecule has 4 heteroatoms. The molecule has 10 heavy (non-hydrogen) atoms. The van der Waals surface area contributed by atoms with Gasteiger partial charge in [0.15, 0.2) is 0 Å². The highest BCUT2D eigenvalue weighted by Gasteiger charge is 2.08. The van der Waals surface area contributed by atoms with Gasteiger partial charge in [-0.05, 0) is 11.4 Å². The van der Waals surface area contributed by atoms with Crippen LogP contribution in [0.5, 0.6) is 0 Å². The van der Waals surface area contributed by atoms with Crippen LogP contribution in [-0.4, -0.2) is 11.7 Å². The van der Waals surface area contributed by atoms with Crippen molar-refractivity contribution in [1.29, 1.82) is 0 Å². The Kier molecular flexibility index (Phi) is 2.26. The van der Waals surface area contributed by atoms with Crippen LogP contribution >= 0.6 is 11.3 Å². The topological polar surface area (TPSA) is 72.3 Å². The Morgan fingerprint density at radius 1 is 1.70 bits per heavy atom. The number of rotatable bonds is 2. The van der Waals surface area contributed by atoms with Gasteiger partial charge in [0.05, 0.1) is 12.6 Å². The average Bonchev–Trinajstić information content (AvgIpc) is 2.34. The summed E-state index contributed by atoms with van der Waals surface area (Å²) in [6, 6.07) is 1.47. The summed E-state index contributed by atoms with van der Waals surface area (Å²) in [5.74, 6) is 0. The van der Waals surface area contributed by atoms with Gasteiger partial charge in [-0.2, -0.15) is 0 Å². The fourth-order valence-electron chi connectivity index (χ4n) is 0.715. The fourth-order valence-corrected chi connectivity index (χ4v) is 1.53. The maximum atomic E-state index is 8.66. The number of aliphatic hydroxyl groups excluding tert-OH is 1. The van der Waals surface area contributed by atoms with Crippen molar-refractivity contribution in [3.05, 3.63) is 16.3 Å². The molecule has 1 aromatic heterocycles. The number of hydrogen-bond acceptors (Lipinski definition) is 4. The molecule has 0 aliphatic heterocycles. The second kappa shape index (κ2) is 3.01. The lowest BCUT2D eigenvalue weighted by Crippen LogP contribution is -2.14. The summed E-state index contributed by atoms with van der Waals surface area (Å²) in [7, 11) is 0. The van der Waals surface area contributed by atoms with Crippen LogP contribution < -0.4 is 11.5 Å². The van der Waals surface area contributed by atoms with E-state index in [4.69, 9.17) is 16.6 Å². The van der Waals surface area contributed by atoms with E-state index in [1.54, 1.807) is 6.07 Å². The Morgan fingerprint density at radius 3 is 2.80 bits per heavy atom. The first-order chi connectivity index (χ1) is 4.75. The molecule has 0 radical (unpaired) electrons. The highest BCUT2D eigenvalue weighted by atomic mass is 32.1. The SMILES string of the molecule is Nc1ccsc1C(N)CO. The Morgan fingerprint density at radius 2 is 2.40 bits per heavy atom. The predicted octanol–water partition coefficient (Wildman–Crippen LogP) is 0.322. The molecule has 1 unspecified atom stereocenters. The lowest BCUT2D eigenvalue weighted by molar-refractivity contribution is 0.270. The van der Waals surface area contributed by atoms with Crippen LogP contribution in [0.25, 0.3) is 0 Å². The van der Waals surface area contributed by atoms with Crippen LogP contribution in [0.1, 0.15) is 10.9 Å². The normalized spacial score (nSPS) is 13.4. The van der Waals surface area contributed by atoms with E-state index in [1.807, 2.05) is 5.38 Å². The standard InChI is InChI=1S/C6H10N2OS/c7-4-1-2-10-6(4)5(8)3-9/h1-2,5,9H,3,7-8H2. The van der Waals surface area contributed by atoms with Crippen LogP contribution in [0.2, 0.25) is 0 Å². The second-order valence-corrected chi connectivity index (χ2v) is 2.98. The Hall–Kier alpha value is -0.580. The van der Waals surface area contributed by atoms with Gasteiger partial charge in [0, 0.05) is 10.6 Å². The molecule has 56 valence electrons. The molecule has 1 heterocycles.